The molecule has 8 heavy (non-hydrogen) atoms. The fourth-order valence-corrected chi connectivity index (χ4v) is 0.512. The van der Waals surface area contributed by atoms with Crippen LogP contribution in [0.15, 0.2) is 0 Å². The molecule has 1 radical (unpaired) electrons. The van der Waals surface area contributed by atoms with E-state index in [1.165, 1.54) is 19.3 Å². The standard InChI is InChI=1S/C6H14N.Co/c1-2-3-4-5-6-7;/h6H,2-5,7H2,1H3;/q-1;. The first-order chi connectivity index (χ1) is 3.41. The van der Waals surface area contributed by atoms with Gasteiger partial charge in [-0.25, -0.2) is 0 Å². The van der Waals surface area contributed by atoms with Crippen molar-refractivity contribution in [2.75, 3.05) is 0 Å². The molecule has 0 unspecified atom stereocenters. The third-order valence-electron chi connectivity index (χ3n) is 0.974. The Balaban J connectivity index is 0. The Morgan fingerprint density at radius 3 is 2.38 bits per heavy atom. The van der Waals surface area contributed by atoms with Gasteiger partial charge in [-0.05, 0) is 0 Å². The van der Waals surface area contributed by atoms with Gasteiger partial charge >= 0.3 is 0 Å². The van der Waals surface area contributed by atoms with Gasteiger partial charge in [0.15, 0.2) is 0 Å². The van der Waals surface area contributed by atoms with E-state index < -0.39 is 0 Å². The summed E-state index contributed by atoms with van der Waals surface area (Å²) < 4.78 is 0. The summed E-state index contributed by atoms with van der Waals surface area (Å²) in [5.74, 6) is 0. The molecule has 0 spiro atoms. The van der Waals surface area contributed by atoms with E-state index in [1.54, 1.807) is 6.54 Å². The SMILES string of the molecule is CCCCC[CH-]N.[Co]. The van der Waals surface area contributed by atoms with E-state index in [0.29, 0.717) is 0 Å². The molecule has 1 nitrogen and oxygen atoms in total. The van der Waals surface area contributed by atoms with Gasteiger partial charge in [0.25, 0.3) is 0 Å². The molecule has 0 aromatic rings. The van der Waals surface area contributed by atoms with Gasteiger partial charge < -0.3 is 5.73 Å². The summed E-state index contributed by atoms with van der Waals surface area (Å²) in [5.41, 5.74) is 5.14. The Morgan fingerprint density at radius 2 is 2.00 bits per heavy atom. The van der Waals surface area contributed by atoms with Gasteiger partial charge in [-0.15, -0.1) is 0 Å². The molecular weight excluding hydrogens is 145 g/mol. The van der Waals surface area contributed by atoms with Crippen molar-refractivity contribution in [3.05, 3.63) is 6.54 Å². The van der Waals surface area contributed by atoms with Crippen LogP contribution in [0, 0.1) is 6.54 Å². The summed E-state index contributed by atoms with van der Waals surface area (Å²) in [7, 11) is 0. The molecule has 0 aliphatic rings. The van der Waals surface area contributed by atoms with E-state index in [1.807, 2.05) is 0 Å². The summed E-state index contributed by atoms with van der Waals surface area (Å²) in [6.07, 6.45) is 4.93. The molecule has 0 saturated carbocycles. The second-order valence-corrected chi connectivity index (χ2v) is 1.73. The van der Waals surface area contributed by atoms with Crippen molar-refractivity contribution in [3.8, 4) is 0 Å². The van der Waals surface area contributed by atoms with Crippen LogP contribution in [0.25, 0.3) is 0 Å². The molecule has 0 rings (SSSR count). The van der Waals surface area contributed by atoms with Crippen molar-refractivity contribution in [2.45, 2.75) is 32.6 Å². The first kappa shape index (κ1) is 11.3. The minimum Gasteiger partial charge on any atom is -0.483 e. The van der Waals surface area contributed by atoms with Crippen molar-refractivity contribution in [1.29, 1.82) is 0 Å². The summed E-state index contributed by atoms with van der Waals surface area (Å²) in [6.45, 7) is 3.92. The largest absolute Gasteiger partial charge is 0.483 e. The maximum atomic E-state index is 5.14. The van der Waals surface area contributed by atoms with Gasteiger partial charge in [0.2, 0.25) is 0 Å². The van der Waals surface area contributed by atoms with Gasteiger partial charge in [0, 0.05) is 16.8 Å². The molecule has 0 amide bonds. The third kappa shape index (κ3) is 9.69. The average molecular weight is 159 g/mol. The summed E-state index contributed by atoms with van der Waals surface area (Å²) >= 11 is 0. The number of unbranched alkanes of at least 4 members (excludes halogenated alkanes) is 3. The van der Waals surface area contributed by atoms with Crippen LogP contribution < -0.4 is 5.73 Å². The van der Waals surface area contributed by atoms with Gasteiger partial charge in [0.05, 0.1) is 0 Å². The number of hydrogen-bond acceptors (Lipinski definition) is 1. The van der Waals surface area contributed by atoms with E-state index in [-0.39, 0.29) is 16.8 Å². The minimum absolute atomic E-state index is 0. The molecule has 0 saturated heterocycles. The number of rotatable bonds is 4. The molecule has 0 fully saturated rings. The van der Waals surface area contributed by atoms with Crippen LogP contribution in [0.1, 0.15) is 32.6 Å². The van der Waals surface area contributed by atoms with Crippen LogP contribution in [0.3, 0.4) is 0 Å². The smallest absolute Gasteiger partial charge is 0 e. The molecule has 2 N–H and O–H groups in total. The maximum Gasteiger partial charge on any atom is 0 e. The third-order valence-corrected chi connectivity index (χ3v) is 0.974. The molecule has 0 aliphatic heterocycles. The van der Waals surface area contributed by atoms with Crippen molar-refractivity contribution >= 4 is 0 Å². The zero-order valence-electron chi connectivity index (χ0n) is 5.32. The van der Waals surface area contributed by atoms with Gasteiger partial charge in [-0.3, -0.25) is 6.54 Å². The van der Waals surface area contributed by atoms with Crippen molar-refractivity contribution in [1.82, 2.24) is 0 Å². The van der Waals surface area contributed by atoms with Crippen LogP contribution >= 0.6 is 0 Å². The van der Waals surface area contributed by atoms with Crippen molar-refractivity contribution < 1.29 is 16.8 Å². The molecule has 0 atom stereocenters. The topological polar surface area (TPSA) is 26.0 Å². The van der Waals surface area contributed by atoms with Crippen LogP contribution in [-0.4, -0.2) is 0 Å². The minimum atomic E-state index is 0. The predicted octanol–water partition coefficient (Wildman–Crippen LogP) is 1.68. The second kappa shape index (κ2) is 10.4. The Kier molecular flexibility index (Phi) is 14.7. The molecule has 0 aromatic heterocycles. The monoisotopic (exact) mass is 159 g/mol. The first-order valence-corrected chi connectivity index (χ1v) is 2.95. The molecule has 2 heteroatoms. The van der Waals surface area contributed by atoms with Crippen LogP contribution in [-0.2, 0) is 16.8 Å². The number of nitrogens with two attached hydrogens (primary N) is 1. The molecule has 0 heterocycles. The normalized spacial score (nSPS) is 8.25. The Morgan fingerprint density at radius 1 is 1.38 bits per heavy atom. The summed E-state index contributed by atoms with van der Waals surface area (Å²) in [5, 5.41) is 0. The fourth-order valence-electron chi connectivity index (χ4n) is 0.512. The van der Waals surface area contributed by atoms with Crippen LogP contribution in [0.5, 0.6) is 0 Å². The molecular formula is C6H14CoN-. The predicted molar refractivity (Wildman–Crippen MR) is 32.6 cm³/mol. The Hall–Kier alpha value is 0.466. The van der Waals surface area contributed by atoms with Gasteiger partial charge in [-0.1, -0.05) is 26.2 Å². The summed E-state index contributed by atoms with van der Waals surface area (Å²) in [4.78, 5) is 0. The Labute approximate surface area is 62.2 Å². The Bertz CT molecular complexity index is 27.7. The maximum absolute atomic E-state index is 5.14. The second-order valence-electron chi connectivity index (χ2n) is 1.73. The molecule has 53 valence electrons. The van der Waals surface area contributed by atoms with Gasteiger partial charge in [-0.2, -0.15) is 6.42 Å². The van der Waals surface area contributed by atoms with E-state index >= 15 is 0 Å². The average Bonchev–Trinajstić information content (AvgIpc) is 1.69. The fraction of sp³-hybridized carbons (Fsp3) is 0.833. The van der Waals surface area contributed by atoms with Crippen molar-refractivity contribution in [3.63, 3.8) is 0 Å². The van der Waals surface area contributed by atoms with Gasteiger partial charge in [0.1, 0.15) is 0 Å². The van der Waals surface area contributed by atoms with Crippen LogP contribution in [0.2, 0.25) is 0 Å². The van der Waals surface area contributed by atoms with E-state index in [9.17, 15) is 0 Å². The first-order valence-electron chi connectivity index (χ1n) is 2.95. The molecule has 0 bridgehead atoms. The molecule has 0 aliphatic carbocycles. The quantitative estimate of drug-likeness (QED) is 0.490. The summed E-state index contributed by atoms with van der Waals surface area (Å²) in [6, 6.07) is 0. The van der Waals surface area contributed by atoms with Crippen molar-refractivity contribution in [2.24, 2.45) is 5.73 Å². The van der Waals surface area contributed by atoms with Crippen LogP contribution in [0.4, 0.5) is 0 Å². The zero-order chi connectivity index (χ0) is 5.54. The number of hydrogen-bond donors (Lipinski definition) is 1. The zero-order valence-corrected chi connectivity index (χ0v) is 6.36. The molecule has 0 aromatic carbocycles. The van der Waals surface area contributed by atoms with E-state index in [0.717, 1.165) is 6.42 Å². The van der Waals surface area contributed by atoms with E-state index in [4.69, 9.17) is 5.73 Å². The van der Waals surface area contributed by atoms with E-state index in [2.05, 4.69) is 6.92 Å².